The van der Waals surface area contributed by atoms with Crippen molar-refractivity contribution in [3.8, 4) is 0 Å². The van der Waals surface area contributed by atoms with Crippen molar-refractivity contribution in [1.29, 1.82) is 0 Å². The summed E-state index contributed by atoms with van der Waals surface area (Å²) >= 11 is 2.78. The lowest BCUT2D eigenvalue weighted by molar-refractivity contribution is 0.0555. The van der Waals surface area contributed by atoms with Gasteiger partial charge >= 0.3 is 0 Å². The number of hydrogen-bond donors (Lipinski definition) is 2. The summed E-state index contributed by atoms with van der Waals surface area (Å²) in [6, 6.07) is 10.7. The topological polar surface area (TPSA) is 62.5 Å². The number of furan rings is 1. The van der Waals surface area contributed by atoms with E-state index in [1.807, 2.05) is 29.0 Å². The number of hydrogen-bond acceptors (Lipinski definition) is 5. The maximum Gasteiger partial charge on any atom is 0.261 e. The molecule has 0 aromatic carbocycles. The summed E-state index contributed by atoms with van der Waals surface area (Å²) in [4.78, 5) is 13.4. The minimum absolute atomic E-state index is 0.0533. The molecular weight excluding hydrogens is 306 g/mol. The van der Waals surface area contributed by atoms with Gasteiger partial charge in [0.2, 0.25) is 0 Å². The molecule has 0 radical (unpaired) electrons. The predicted octanol–water partition coefficient (Wildman–Crippen LogP) is 3.07. The molecule has 3 rings (SSSR count). The second-order valence-electron chi connectivity index (χ2n) is 4.47. The van der Waals surface area contributed by atoms with Crippen LogP contribution in [0.25, 0.3) is 0 Å². The molecule has 3 aromatic heterocycles. The lowest BCUT2D eigenvalue weighted by Gasteiger charge is -2.25. The zero-order chi connectivity index (χ0) is 14.7. The van der Waals surface area contributed by atoms with E-state index in [2.05, 4.69) is 5.32 Å². The van der Waals surface area contributed by atoms with Crippen LogP contribution in [-0.2, 0) is 5.60 Å². The van der Waals surface area contributed by atoms with E-state index in [4.69, 9.17) is 4.42 Å². The van der Waals surface area contributed by atoms with Gasteiger partial charge in [-0.1, -0.05) is 12.1 Å². The number of thiophene rings is 2. The second kappa shape index (κ2) is 5.85. The van der Waals surface area contributed by atoms with E-state index in [-0.39, 0.29) is 12.5 Å². The van der Waals surface area contributed by atoms with Gasteiger partial charge < -0.3 is 14.8 Å². The predicted molar refractivity (Wildman–Crippen MR) is 82.7 cm³/mol. The van der Waals surface area contributed by atoms with Crippen molar-refractivity contribution >= 4 is 28.6 Å². The van der Waals surface area contributed by atoms with Crippen molar-refractivity contribution in [3.05, 3.63) is 68.9 Å². The van der Waals surface area contributed by atoms with Crippen molar-refractivity contribution in [2.24, 2.45) is 0 Å². The van der Waals surface area contributed by atoms with Crippen molar-refractivity contribution < 1.29 is 14.3 Å². The van der Waals surface area contributed by atoms with Crippen LogP contribution in [0, 0.1) is 0 Å². The monoisotopic (exact) mass is 319 g/mol. The van der Waals surface area contributed by atoms with Crippen LogP contribution in [0.1, 0.15) is 20.3 Å². The first-order valence-electron chi connectivity index (χ1n) is 6.32. The maximum atomic E-state index is 12.1. The fourth-order valence-electron chi connectivity index (χ4n) is 2.03. The van der Waals surface area contributed by atoms with E-state index in [1.165, 1.54) is 28.9 Å². The van der Waals surface area contributed by atoms with E-state index in [9.17, 15) is 9.90 Å². The van der Waals surface area contributed by atoms with Gasteiger partial charge in [0.25, 0.3) is 5.91 Å². The number of rotatable bonds is 5. The summed E-state index contributed by atoms with van der Waals surface area (Å²) < 4.78 is 5.35. The number of aliphatic hydroxyl groups is 1. The molecule has 1 atom stereocenters. The Balaban J connectivity index is 1.83. The number of nitrogens with one attached hydrogen (secondary N) is 1. The first kappa shape index (κ1) is 14.1. The van der Waals surface area contributed by atoms with Crippen LogP contribution in [0.4, 0.5) is 0 Å². The summed E-state index contributed by atoms with van der Waals surface area (Å²) in [5.41, 5.74) is -1.36. The molecule has 3 heterocycles. The van der Waals surface area contributed by atoms with Crippen LogP contribution in [0.3, 0.4) is 0 Å². The third-order valence-electron chi connectivity index (χ3n) is 3.11. The summed E-state index contributed by atoms with van der Waals surface area (Å²) in [5.74, 6) is 0.211. The van der Waals surface area contributed by atoms with E-state index < -0.39 is 5.60 Å². The standard InChI is InChI=1S/C15H13NO3S2/c17-14(11-4-2-8-20-11)16-10-15(18,12-5-1-7-19-12)13-6-3-9-21-13/h1-9,18H,10H2,(H,16,17)/t15-/m1/s1. The SMILES string of the molecule is O=C(NC[C@@](O)(c1ccco1)c1cccs1)c1cccs1. The molecule has 0 fully saturated rings. The number of carbonyl (C=O) groups excluding carboxylic acids is 1. The lowest BCUT2D eigenvalue weighted by atomic mass is 9.98. The van der Waals surface area contributed by atoms with Crippen molar-refractivity contribution in [3.63, 3.8) is 0 Å². The third-order valence-corrected chi connectivity index (χ3v) is 5.00. The van der Waals surface area contributed by atoms with Gasteiger partial charge in [0.15, 0.2) is 5.60 Å². The molecule has 108 valence electrons. The molecule has 0 aliphatic rings. The molecule has 0 aliphatic carbocycles. The van der Waals surface area contributed by atoms with Gasteiger partial charge in [0, 0.05) is 4.88 Å². The Morgan fingerprint density at radius 2 is 2.00 bits per heavy atom. The van der Waals surface area contributed by atoms with Crippen LogP contribution in [0.2, 0.25) is 0 Å². The fourth-order valence-corrected chi connectivity index (χ4v) is 3.50. The van der Waals surface area contributed by atoms with E-state index in [0.717, 1.165) is 4.88 Å². The number of carbonyl (C=O) groups is 1. The van der Waals surface area contributed by atoms with Gasteiger partial charge in [0.1, 0.15) is 5.76 Å². The highest BCUT2D eigenvalue weighted by Crippen LogP contribution is 2.32. The molecular formula is C15H13NO3S2. The Labute approximate surface area is 129 Å². The van der Waals surface area contributed by atoms with Crippen LogP contribution in [0.5, 0.6) is 0 Å². The molecule has 0 saturated heterocycles. The molecule has 3 aromatic rings. The molecule has 4 nitrogen and oxygen atoms in total. The summed E-state index contributed by atoms with van der Waals surface area (Å²) in [5, 5.41) is 17.5. The summed E-state index contributed by atoms with van der Waals surface area (Å²) in [6.45, 7) is 0.0533. The van der Waals surface area contributed by atoms with Gasteiger partial charge in [0.05, 0.1) is 17.7 Å². The normalized spacial score (nSPS) is 13.8. The quantitative estimate of drug-likeness (QED) is 0.760. The van der Waals surface area contributed by atoms with Crippen molar-refractivity contribution in [1.82, 2.24) is 5.32 Å². The minimum atomic E-state index is -1.36. The first-order valence-corrected chi connectivity index (χ1v) is 8.08. The van der Waals surface area contributed by atoms with Crippen LogP contribution < -0.4 is 5.32 Å². The third kappa shape index (κ3) is 2.78. The Morgan fingerprint density at radius 3 is 2.62 bits per heavy atom. The molecule has 1 amide bonds. The zero-order valence-electron chi connectivity index (χ0n) is 11.0. The maximum absolute atomic E-state index is 12.1. The minimum Gasteiger partial charge on any atom is -0.466 e. The van der Waals surface area contributed by atoms with Crippen LogP contribution >= 0.6 is 22.7 Å². The Morgan fingerprint density at radius 1 is 1.19 bits per heavy atom. The van der Waals surface area contributed by atoms with Gasteiger partial charge in [-0.3, -0.25) is 4.79 Å². The van der Waals surface area contributed by atoms with Gasteiger partial charge in [-0.2, -0.15) is 0 Å². The molecule has 0 unspecified atom stereocenters. The molecule has 6 heteroatoms. The second-order valence-corrected chi connectivity index (χ2v) is 6.37. The average molecular weight is 319 g/mol. The zero-order valence-corrected chi connectivity index (χ0v) is 12.6. The molecule has 0 saturated carbocycles. The van der Waals surface area contributed by atoms with E-state index in [1.54, 1.807) is 18.2 Å². The molecule has 0 bridgehead atoms. The Hall–Kier alpha value is -1.89. The van der Waals surface area contributed by atoms with Gasteiger partial charge in [-0.15, -0.1) is 22.7 Å². The average Bonchev–Trinajstić information content (AvgIpc) is 3.27. The summed E-state index contributed by atoms with van der Waals surface area (Å²) in [7, 11) is 0. The molecule has 21 heavy (non-hydrogen) atoms. The van der Waals surface area contributed by atoms with Crippen LogP contribution in [0.15, 0.2) is 57.8 Å². The highest BCUT2D eigenvalue weighted by molar-refractivity contribution is 7.12. The molecule has 0 spiro atoms. The fraction of sp³-hybridized carbons (Fsp3) is 0.133. The highest BCUT2D eigenvalue weighted by atomic mass is 32.1. The van der Waals surface area contributed by atoms with Gasteiger partial charge in [-0.05, 0) is 35.0 Å². The smallest absolute Gasteiger partial charge is 0.261 e. The lowest BCUT2D eigenvalue weighted by Crippen LogP contribution is -2.40. The molecule has 2 N–H and O–H groups in total. The van der Waals surface area contributed by atoms with Gasteiger partial charge in [-0.25, -0.2) is 0 Å². The van der Waals surface area contributed by atoms with Crippen LogP contribution in [-0.4, -0.2) is 17.6 Å². The molecule has 0 aliphatic heterocycles. The van der Waals surface area contributed by atoms with Crippen molar-refractivity contribution in [2.45, 2.75) is 5.60 Å². The van der Waals surface area contributed by atoms with Crippen molar-refractivity contribution in [2.75, 3.05) is 6.54 Å². The van der Waals surface area contributed by atoms with E-state index >= 15 is 0 Å². The Kier molecular flexibility index (Phi) is 3.92. The Bertz CT molecular complexity index is 653. The first-order chi connectivity index (χ1) is 10.2. The van der Waals surface area contributed by atoms with E-state index in [0.29, 0.717) is 10.6 Å². The largest absolute Gasteiger partial charge is 0.466 e. The summed E-state index contributed by atoms with van der Waals surface area (Å²) in [6.07, 6.45) is 1.51. The number of amides is 1. The highest BCUT2D eigenvalue weighted by Gasteiger charge is 2.36.